The van der Waals surface area contributed by atoms with E-state index < -0.39 is 0 Å². The largest absolute Gasteiger partial charge is 0.436 e. The lowest BCUT2D eigenvalue weighted by Crippen LogP contribution is -1.95. The third-order valence-corrected chi connectivity index (χ3v) is 9.36. The minimum atomic E-state index is 0.604. The fourth-order valence-corrected chi connectivity index (χ4v) is 7.19. The molecule has 44 heavy (non-hydrogen) atoms. The number of oxazole rings is 1. The number of nitrogens with zero attached hydrogens (tertiary/aromatic N) is 3. The van der Waals surface area contributed by atoms with E-state index in [1.165, 1.54) is 31.3 Å². The molecule has 0 radical (unpaired) electrons. The highest BCUT2D eigenvalue weighted by atomic mass is 32.1. The average molecular weight is 582 g/mol. The van der Waals surface area contributed by atoms with Crippen molar-refractivity contribution in [3.8, 4) is 45.1 Å². The SMILES string of the molecule is c1ccc2nc(-c3ccc(-c4cccc5c4sc4ccccc45)cc3)c(-c3ccc(-c4nc5ccccc5o4)cc3)nc2c1. The first-order valence-electron chi connectivity index (χ1n) is 14.5. The lowest BCUT2D eigenvalue weighted by molar-refractivity contribution is 0.620. The number of fused-ring (bicyclic) bond motifs is 5. The molecule has 0 amide bonds. The molecule has 0 fully saturated rings. The minimum Gasteiger partial charge on any atom is -0.436 e. The van der Waals surface area contributed by atoms with Gasteiger partial charge in [-0.05, 0) is 53.6 Å². The number of hydrogen-bond donors (Lipinski definition) is 0. The number of rotatable bonds is 4. The zero-order valence-corrected chi connectivity index (χ0v) is 24.3. The third kappa shape index (κ3) is 4.09. The molecule has 3 heterocycles. The molecule has 5 heteroatoms. The standard InChI is InChI=1S/C39H23N3OS/c1-6-15-35-29(8-1)30-10-7-9-28(38(30)44-35)24-16-18-25(19-17-24)36-37(41-32-12-3-2-11-31(32)40-36)26-20-22-27(23-21-26)39-42-33-13-4-5-14-34(33)43-39/h1-23H. The Morgan fingerprint density at radius 2 is 1.00 bits per heavy atom. The highest BCUT2D eigenvalue weighted by molar-refractivity contribution is 7.26. The van der Waals surface area contributed by atoms with Crippen molar-refractivity contribution in [2.24, 2.45) is 0 Å². The van der Waals surface area contributed by atoms with Gasteiger partial charge in [0.25, 0.3) is 0 Å². The van der Waals surface area contributed by atoms with Gasteiger partial charge in [0.2, 0.25) is 5.89 Å². The Hall–Kier alpha value is -5.65. The summed E-state index contributed by atoms with van der Waals surface area (Å²) < 4.78 is 8.63. The van der Waals surface area contributed by atoms with Crippen LogP contribution in [0.2, 0.25) is 0 Å². The summed E-state index contributed by atoms with van der Waals surface area (Å²) in [7, 11) is 0. The van der Waals surface area contributed by atoms with Gasteiger partial charge in [-0.25, -0.2) is 15.0 Å². The van der Waals surface area contributed by atoms with Crippen LogP contribution in [0.1, 0.15) is 0 Å². The van der Waals surface area contributed by atoms with Crippen molar-refractivity contribution < 1.29 is 4.42 Å². The summed E-state index contributed by atoms with van der Waals surface area (Å²) in [6.45, 7) is 0. The Balaban J connectivity index is 1.13. The molecule has 206 valence electrons. The van der Waals surface area contributed by atoms with Crippen LogP contribution in [-0.2, 0) is 0 Å². The van der Waals surface area contributed by atoms with E-state index in [4.69, 9.17) is 14.4 Å². The highest BCUT2D eigenvalue weighted by Gasteiger charge is 2.16. The summed E-state index contributed by atoms with van der Waals surface area (Å²) in [5, 5.41) is 2.61. The van der Waals surface area contributed by atoms with Gasteiger partial charge in [0.05, 0.1) is 22.4 Å². The molecule has 0 bridgehead atoms. The van der Waals surface area contributed by atoms with Crippen LogP contribution in [0.15, 0.2) is 144 Å². The normalized spacial score (nSPS) is 11.6. The predicted molar refractivity (Wildman–Crippen MR) is 182 cm³/mol. The van der Waals surface area contributed by atoms with E-state index in [1.807, 2.05) is 72.0 Å². The van der Waals surface area contributed by atoms with E-state index in [2.05, 4.69) is 83.8 Å². The summed E-state index contributed by atoms with van der Waals surface area (Å²) >= 11 is 1.85. The van der Waals surface area contributed by atoms with Gasteiger partial charge in [-0.2, -0.15) is 0 Å². The van der Waals surface area contributed by atoms with E-state index in [-0.39, 0.29) is 0 Å². The van der Waals surface area contributed by atoms with Gasteiger partial charge in [-0.1, -0.05) is 97.1 Å². The van der Waals surface area contributed by atoms with Crippen LogP contribution >= 0.6 is 11.3 Å². The van der Waals surface area contributed by atoms with Crippen LogP contribution in [0.3, 0.4) is 0 Å². The van der Waals surface area contributed by atoms with Crippen molar-refractivity contribution in [2.45, 2.75) is 0 Å². The Kier molecular flexibility index (Phi) is 5.64. The number of para-hydroxylation sites is 4. The molecule has 0 saturated carbocycles. The maximum absolute atomic E-state index is 6.00. The van der Waals surface area contributed by atoms with Crippen LogP contribution in [0.25, 0.3) is 87.4 Å². The van der Waals surface area contributed by atoms with E-state index in [1.54, 1.807) is 0 Å². The lowest BCUT2D eigenvalue weighted by atomic mass is 9.98. The molecular formula is C39H23N3OS. The molecule has 4 nitrogen and oxygen atoms in total. The summed E-state index contributed by atoms with van der Waals surface area (Å²) in [5.74, 6) is 0.604. The van der Waals surface area contributed by atoms with Gasteiger partial charge in [0.15, 0.2) is 5.58 Å². The van der Waals surface area contributed by atoms with Gasteiger partial charge < -0.3 is 4.42 Å². The molecule has 9 aromatic rings. The number of benzene rings is 6. The maximum Gasteiger partial charge on any atom is 0.227 e. The van der Waals surface area contributed by atoms with Gasteiger partial charge in [0, 0.05) is 36.9 Å². The minimum absolute atomic E-state index is 0.604. The predicted octanol–water partition coefficient (Wildman–Crippen LogP) is 10.8. The van der Waals surface area contributed by atoms with Gasteiger partial charge in [-0.15, -0.1) is 11.3 Å². The Morgan fingerprint density at radius 1 is 0.432 bits per heavy atom. The zero-order valence-electron chi connectivity index (χ0n) is 23.4. The molecule has 0 saturated heterocycles. The van der Waals surface area contributed by atoms with Crippen molar-refractivity contribution in [3.05, 3.63) is 140 Å². The second-order valence-corrected chi connectivity index (χ2v) is 11.9. The first-order chi connectivity index (χ1) is 21.8. The van der Waals surface area contributed by atoms with Crippen molar-refractivity contribution in [1.29, 1.82) is 0 Å². The van der Waals surface area contributed by atoms with E-state index in [0.29, 0.717) is 5.89 Å². The van der Waals surface area contributed by atoms with Crippen LogP contribution in [0.5, 0.6) is 0 Å². The molecule has 6 aromatic carbocycles. The van der Waals surface area contributed by atoms with E-state index in [0.717, 1.165) is 50.2 Å². The Morgan fingerprint density at radius 3 is 1.70 bits per heavy atom. The first-order valence-corrected chi connectivity index (χ1v) is 15.3. The topological polar surface area (TPSA) is 51.8 Å². The third-order valence-electron chi connectivity index (χ3n) is 8.14. The van der Waals surface area contributed by atoms with E-state index in [9.17, 15) is 0 Å². The first kappa shape index (κ1) is 24.9. The van der Waals surface area contributed by atoms with Crippen LogP contribution in [-0.4, -0.2) is 15.0 Å². The summed E-state index contributed by atoms with van der Waals surface area (Å²) in [4.78, 5) is 14.9. The second kappa shape index (κ2) is 9.97. The van der Waals surface area contributed by atoms with Crippen molar-refractivity contribution >= 4 is 53.6 Å². The molecule has 0 atom stereocenters. The summed E-state index contributed by atoms with van der Waals surface area (Å²) in [5.41, 5.74) is 10.4. The van der Waals surface area contributed by atoms with Gasteiger partial charge in [-0.3, -0.25) is 0 Å². The number of thiophene rings is 1. The number of hydrogen-bond acceptors (Lipinski definition) is 5. The summed E-state index contributed by atoms with van der Waals surface area (Å²) in [6.07, 6.45) is 0. The average Bonchev–Trinajstić information content (AvgIpc) is 3.70. The van der Waals surface area contributed by atoms with Crippen molar-refractivity contribution in [2.75, 3.05) is 0 Å². The molecule has 0 N–H and O–H groups in total. The molecule has 0 spiro atoms. The number of aromatic nitrogens is 3. The lowest BCUT2D eigenvalue weighted by Gasteiger charge is -2.12. The maximum atomic E-state index is 6.00. The quantitative estimate of drug-likeness (QED) is 0.207. The second-order valence-electron chi connectivity index (χ2n) is 10.8. The van der Waals surface area contributed by atoms with Crippen molar-refractivity contribution in [3.63, 3.8) is 0 Å². The smallest absolute Gasteiger partial charge is 0.227 e. The molecular weight excluding hydrogens is 559 g/mol. The van der Waals surface area contributed by atoms with Gasteiger partial charge in [0.1, 0.15) is 5.52 Å². The Labute approximate surface area is 256 Å². The van der Waals surface area contributed by atoms with Crippen LogP contribution in [0, 0.1) is 0 Å². The molecule has 9 rings (SSSR count). The molecule has 0 aliphatic rings. The molecule has 0 aliphatic heterocycles. The van der Waals surface area contributed by atoms with Gasteiger partial charge >= 0.3 is 0 Å². The van der Waals surface area contributed by atoms with Crippen LogP contribution in [0.4, 0.5) is 0 Å². The molecule has 0 aliphatic carbocycles. The van der Waals surface area contributed by atoms with Crippen LogP contribution < -0.4 is 0 Å². The fraction of sp³-hybridized carbons (Fsp3) is 0. The molecule has 0 unspecified atom stereocenters. The monoisotopic (exact) mass is 581 g/mol. The fourth-order valence-electron chi connectivity index (χ4n) is 5.95. The zero-order chi connectivity index (χ0) is 29.0. The van der Waals surface area contributed by atoms with E-state index >= 15 is 0 Å². The molecule has 3 aromatic heterocycles. The van der Waals surface area contributed by atoms with Crippen molar-refractivity contribution in [1.82, 2.24) is 15.0 Å². The summed E-state index contributed by atoms with van der Waals surface area (Å²) in [6, 6.07) is 48.0. The highest BCUT2D eigenvalue weighted by Crippen LogP contribution is 2.40. The Bertz CT molecular complexity index is 2460.